The minimum absolute atomic E-state index is 0.0108. The molecule has 0 saturated carbocycles. The van der Waals surface area contributed by atoms with E-state index in [4.69, 9.17) is 11.5 Å². The Kier molecular flexibility index (Phi) is 5.46. The van der Waals surface area contributed by atoms with E-state index >= 15 is 0 Å². The van der Waals surface area contributed by atoms with Gasteiger partial charge in [-0.25, -0.2) is 0 Å². The fraction of sp³-hybridized carbons (Fsp3) is 0.636. The number of nitrogens with one attached hydrogen (secondary N) is 1. The third kappa shape index (κ3) is 3.62. The van der Waals surface area contributed by atoms with Crippen molar-refractivity contribution < 1.29 is 14.7 Å². The average Bonchev–Trinajstić information content (AvgIpc) is 2.20. The standard InChI is InChI=1S/C11H17NO3/c1-4-7-9(13)12-8-11(5-2,6-3)10(14)15/h1H,5-8H2,2-3H3,(H,12,13)(H,14,15). The highest BCUT2D eigenvalue weighted by Crippen LogP contribution is 2.25. The third-order valence-electron chi connectivity index (χ3n) is 2.69. The van der Waals surface area contributed by atoms with E-state index in [0.29, 0.717) is 12.8 Å². The molecule has 0 aromatic carbocycles. The van der Waals surface area contributed by atoms with Gasteiger partial charge in [-0.2, -0.15) is 0 Å². The summed E-state index contributed by atoms with van der Waals surface area (Å²) in [7, 11) is 0. The Morgan fingerprint density at radius 2 is 1.93 bits per heavy atom. The molecule has 15 heavy (non-hydrogen) atoms. The van der Waals surface area contributed by atoms with Gasteiger partial charge in [0.25, 0.3) is 0 Å². The van der Waals surface area contributed by atoms with Crippen LogP contribution in [0.2, 0.25) is 0 Å². The van der Waals surface area contributed by atoms with Gasteiger partial charge in [-0.05, 0) is 12.8 Å². The van der Waals surface area contributed by atoms with Crippen molar-refractivity contribution in [3.8, 4) is 12.3 Å². The van der Waals surface area contributed by atoms with Crippen LogP contribution in [0.1, 0.15) is 33.1 Å². The normalized spacial score (nSPS) is 10.5. The maximum Gasteiger partial charge on any atom is 0.311 e. The number of amides is 1. The first-order chi connectivity index (χ1) is 7.02. The zero-order chi connectivity index (χ0) is 11.9. The smallest absolute Gasteiger partial charge is 0.311 e. The summed E-state index contributed by atoms with van der Waals surface area (Å²) >= 11 is 0. The second-order valence-electron chi connectivity index (χ2n) is 3.45. The van der Waals surface area contributed by atoms with Crippen LogP contribution in [0.3, 0.4) is 0 Å². The monoisotopic (exact) mass is 211 g/mol. The van der Waals surface area contributed by atoms with Crippen molar-refractivity contribution in [2.24, 2.45) is 5.41 Å². The molecule has 0 fully saturated rings. The molecular weight excluding hydrogens is 194 g/mol. The lowest BCUT2D eigenvalue weighted by Crippen LogP contribution is -2.42. The fourth-order valence-corrected chi connectivity index (χ4v) is 1.30. The molecule has 0 aromatic heterocycles. The van der Waals surface area contributed by atoms with E-state index in [-0.39, 0.29) is 18.9 Å². The van der Waals surface area contributed by atoms with Crippen LogP contribution in [0, 0.1) is 17.8 Å². The first-order valence-electron chi connectivity index (χ1n) is 4.96. The topological polar surface area (TPSA) is 66.4 Å². The largest absolute Gasteiger partial charge is 0.481 e. The Hall–Kier alpha value is -1.50. The van der Waals surface area contributed by atoms with Crippen LogP contribution in [0.4, 0.5) is 0 Å². The van der Waals surface area contributed by atoms with Crippen molar-refractivity contribution in [1.29, 1.82) is 0 Å². The van der Waals surface area contributed by atoms with E-state index in [9.17, 15) is 9.59 Å². The quantitative estimate of drug-likeness (QED) is 0.644. The van der Waals surface area contributed by atoms with Gasteiger partial charge in [0, 0.05) is 6.54 Å². The minimum atomic E-state index is -0.881. The van der Waals surface area contributed by atoms with Gasteiger partial charge in [-0.3, -0.25) is 9.59 Å². The van der Waals surface area contributed by atoms with E-state index in [1.54, 1.807) is 13.8 Å². The molecule has 0 saturated heterocycles. The average molecular weight is 211 g/mol. The molecule has 0 radical (unpaired) electrons. The molecular formula is C11H17NO3. The number of aliphatic carboxylic acids is 1. The number of carbonyl (C=O) groups excluding carboxylic acids is 1. The van der Waals surface area contributed by atoms with Crippen LogP contribution >= 0.6 is 0 Å². The maximum atomic E-state index is 11.1. The summed E-state index contributed by atoms with van der Waals surface area (Å²) in [6.45, 7) is 3.73. The van der Waals surface area contributed by atoms with Crippen LogP contribution in [0.25, 0.3) is 0 Å². The van der Waals surface area contributed by atoms with Crippen molar-refractivity contribution in [3.63, 3.8) is 0 Å². The van der Waals surface area contributed by atoms with Crippen LogP contribution in [0.15, 0.2) is 0 Å². The van der Waals surface area contributed by atoms with E-state index < -0.39 is 11.4 Å². The highest BCUT2D eigenvalue weighted by atomic mass is 16.4. The van der Waals surface area contributed by atoms with Gasteiger partial charge in [-0.15, -0.1) is 6.42 Å². The van der Waals surface area contributed by atoms with Gasteiger partial charge in [0.1, 0.15) is 0 Å². The van der Waals surface area contributed by atoms with E-state index in [1.807, 2.05) is 0 Å². The van der Waals surface area contributed by atoms with Gasteiger partial charge in [0.15, 0.2) is 0 Å². The Balaban J connectivity index is 4.38. The summed E-state index contributed by atoms with van der Waals surface area (Å²) in [6, 6.07) is 0. The van der Waals surface area contributed by atoms with Crippen LogP contribution in [-0.2, 0) is 9.59 Å². The summed E-state index contributed by atoms with van der Waals surface area (Å²) in [6.07, 6.45) is 5.92. The molecule has 1 amide bonds. The molecule has 0 heterocycles. The number of hydrogen-bond acceptors (Lipinski definition) is 2. The number of carboxylic acid groups (broad SMARTS) is 1. The number of carbonyl (C=O) groups is 2. The summed E-state index contributed by atoms with van der Waals surface area (Å²) in [5.41, 5.74) is -0.871. The molecule has 2 N–H and O–H groups in total. The second kappa shape index (κ2) is 6.07. The molecule has 0 unspecified atom stereocenters. The molecule has 0 bridgehead atoms. The molecule has 0 rings (SSSR count). The predicted molar refractivity (Wildman–Crippen MR) is 57.1 cm³/mol. The van der Waals surface area contributed by atoms with Crippen LogP contribution < -0.4 is 5.32 Å². The predicted octanol–water partition coefficient (Wildman–Crippen LogP) is 1.02. The van der Waals surface area contributed by atoms with Gasteiger partial charge >= 0.3 is 5.97 Å². The maximum absolute atomic E-state index is 11.1. The Morgan fingerprint density at radius 3 is 2.27 bits per heavy atom. The van der Waals surface area contributed by atoms with E-state index in [1.165, 1.54) is 0 Å². The molecule has 0 spiro atoms. The molecule has 84 valence electrons. The second-order valence-corrected chi connectivity index (χ2v) is 3.45. The van der Waals surface area contributed by atoms with E-state index in [2.05, 4.69) is 11.2 Å². The zero-order valence-corrected chi connectivity index (χ0v) is 9.17. The van der Waals surface area contributed by atoms with Crippen molar-refractivity contribution in [2.75, 3.05) is 6.54 Å². The highest BCUT2D eigenvalue weighted by molar-refractivity contribution is 5.80. The lowest BCUT2D eigenvalue weighted by atomic mass is 9.82. The first-order valence-corrected chi connectivity index (χ1v) is 4.96. The number of rotatable bonds is 6. The highest BCUT2D eigenvalue weighted by Gasteiger charge is 2.34. The summed E-state index contributed by atoms with van der Waals surface area (Å²) in [4.78, 5) is 22.2. The molecule has 4 nitrogen and oxygen atoms in total. The molecule has 0 aromatic rings. The fourth-order valence-electron chi connectivity index (χ4n) is 1.30. The lowest BCUT2D eigenvalue weighted by molar-refractivity contribution is -0.149. The van der Waals surface area contributed by atoms with Gasteiger partial charge in [0.05, 0.1) is 11.8 Å². The molecule has 0 atom stereocenters. The molecule has 0 aliphatic carbocycles. The van der Waals surface area contributed by atoms with Gasteiger partial charge < -0.3 is 10.4 Å². The number of terminal acetylenes is 1. The Bertz CT molecular complexity index is 274. The summed E-state index contributed by atoms with van der Waals surface area (Å²) in [5.74, 6) is 1.03. The lowest BCUT2D eigenvalue weighted by Gasteiger charge is -2.26. The summed E-state index contributed by atoms with van der Waals surface area (Å²) in [5, 5.41) is 11.6. The van der Waals surface area contributed by atoms with E-state index in [0.717, 1.165) is 0 Å². The van der Waals surface area contributed by atoms with Crippen molar-refractivity contribution in [3.05, 3.63) is 0 Å². The third-order valence-corrected chi connectivity index (χ3v) is 2.69. The summed E-state index contributed by atoms with van der Waals surface area (Å²) < 4.78 is 0. The Morgan fingerprint density at radius 1 is 1.40 bits per heavy atom. The van der Waals surface area contributed by atoms with Crippen molar-refractivity contribution in [1.82, 2.24) is 5.32 Å². The minimum Gasteiger partial charge on any atom is -0.481 e. The zero-order valence-electron chi connectivity index (χ0n) is 9.17. The first kappa shape index (κ1) is 13.5. The van der Waals surface area contributed by atoms with Gasteiger partial charge in [-0.1, -0.05) is 19.8 Å². The SMILES string of the molecule is C#CCC(=O)NCC(CC)(CC)C(=O)O. The van der Waals surface area contributed by atoms with Crippen molar-refractivity contribution in [2.45, 2.75) is 33.1 Å². The number of hydrogen-bond donors (Lipinski definition) is 2. The molecule has 4 heteroatoms. The molecule has 0 aliphatic heterocycles. The van der Waals surface area contributed by atoms with Gasteiger partial charge in [0.2, 0.25) is 5.91 Å². The Labute approximate surface area is 90.1 Å². The van der Waals surface area contributed by atoms with Crippen LogP contribution in [-0.4, -0.2) is 23.5 Å². The molecule has 0 aliphatic rings. The van der Waals surface area contributed by atoms with Crippen LogP contribution in [0.5, 0.6) is 0 Å². The van der Waals surface area contributed by atoms with Crippen molar-refractivity contribution >= 4 is 11.9 Å². The number of carboxylic acids is 1.